The van der Waals surface area contributed by atoms with Crippen LogP contribution < -0.4 is 9.80 Å². The fourth-order valence-electron chi connectivity index (χ4n) is 4.62. The van der Waals surface area contributed by atoms with Gasteiger partial charge in [0.15, 0.2) is 0 Å². The Kier molecular flexibility index (Phi) is 4.71. The normalized spacial score (nSPS) is 14.3. The van der Waals surface area contributed by atoms with Crippen molar-refractivity contribution in [2.75, 3.05) is 37.0 Å². The standard InChI is InChI=1S/C25H26N8/c1-32(2)17-10-16(13-26-14-17)21-11-18-23(15-28-21)30-31-24(18)22-12-19-20(29-22)6-7-27-25(19)33-8-4-3-5-9-33/h6-7,10-15,29H,3-5,8-9H2,1-2H3,(H,30,31). The summed E-state index contributed by atoms with van der Waals surface area (Å²) in [5.41, 5.74) is 6.71. The molecule has 6 heterocycles. The van der Waals surface area contributed by atoms with Gasteiger partial charge >= 0.3 is 0 Å². The highest BCUT2D eigenvalue weighted by Crippen LogP contribution is 2.34. The van der Waals surface area contributed by atoms with Crippen LogP contribution in [-0.4, -0.2) is 57.3 Å². The van der Waals surface area contributed by atoms with Gasteiger partial charge in [0.25, 0.3) is 0 Å². The predicted octanol–water partition coefficient (Wildman–Crippen LogP) is 4.62. The van der Waals surface area contributed by atoms with E-state index in [1.165, 1.54) is 19.3 Å². The highest BCUT2D eigenvalue weighted by molar-refractivity contribution is 5.99. The quantitative estimate of drug-likeness (QED) is 0.426. The Bertz CT molecular complexity index is 1440. The maximum atomic E-state index is 4.72. The second kappa shape index (κ2) is 7.88. The lowest BCUT2D eigenvalue weighted by atomic mass is 10.1. The second-order valence-corrected chi connectivity index (χ2v) is 8.84. The van der Waals surface area contributed by atoms with E-state index in [1.54, 1.807) is 0 Å². The molecule has 33 heavy (non-hydrogen) atoms. The summed E-state index contributed by atoms with van der Waals surface area (Å²) in [7, 11) is 4.02. The average molecular weight is 439 g/mol. The molecule has 1 aliphatic heterocycles. The van der Waals surface area contributed by atoms with E-state index in [4.69, 9.17) is 4.98 Å². The third-order valence-electron chi connectivity index (χ3n) is 6.42. The van der Waals surface area contributed by atoms with Gasteiger partial charge in [0.2, 0.25) is 0 Å². The number of fused-ring (bicyclic) bond motifs is 2. The van der Waals surface area contributed by atoms with Gasteiger partial charge in [-0.15, -0.1) is 0 Å². The molecule has 1 aliphatic rings. The van der Waals surface area contributed by atoms with Crippen molar-refractivity contribution in [3.8, 4) is 22.6 Å². The number of nitrogens with zero attached hydrogens (tertiary/aromatic N) is 6. The largest absolute Gasteiger partial charge is 0.376 e. The molecule has 2 N–H and O–H groups in total. The lowest BCUT2D eigenvalue weighted by molar-refractivity contribution is 0.575. The van der Waals surface area contributed by atoms with Crippen LogP contribution in [0.3, 0.4) is 0 Å². The van der Waals surface area contributed by atoms with Crippen molar-refractivity contribution in [2.45, 2.75) is 19.3 Å². The molecular weight excluding hydrogens is 412 g/mol. The number of H-pyrrole nitrogens is 2. The molecule has 0 saturated carbocycles. The molecule has 0 bridgehead atoms. The average Bonchev–Trinajstić information content (AvgIpc) is 3.48. The smallest absolute Gasteiger partial charge is 0.137 e. The predicted molar refractivity (Wildman–Crippen MR) is 133 cm³/mol. The van der Waals surface area contributed by atoms with Gasteiger partial charge in [0.05, 0.1) is 40.5 Å². The lowest BCUT2D eigenvalue weighted by Gasteiger charge is -2.28. The highest BCUT2D eigenvalue weighted by atomic mass is 15.2. The van der Waals surface area contributed by atoms with Gasteiger partial charge in [-0.25, -0.2) is 4.98 Å². The van der Waals surface area contributed by atoms with Crippen molar-refractivity contribution in [3.63, 3.8) is 0 Å². The van der Waals surface area contributed by atoms with Crippen molar-refractivity contribution in [2.24, 2.45) is 0 Å². The number of pyridine rings is 3. The number of piperidine rings is 1. The Morgan fingerprint density at radius 2 is 1.79 bits per heavy atom. The highest BCUT2D eigenvalue weighted by Gasteiger charge is 2.18. The third-order valence-corrected chi connectivity index (χ3v) is 6.42. The molecule has 5 aromatic rings. The van der Waals surface area contributed by atoms with Crippen LogP contribution in [0.1, 0.15) is 19.3 Å². The van der Waals surface area contributed by atoms with E-state index in [1.807, 2.05) is 49.8 Å². The summed E-state index contributed by atoms with van der Waals surface area (Å²) in [6, 6.07) is 8.39. The second-order valence-electron chi connectivity index (χ2n) is 8.84. The monoisotopic (exact) mass is 438 g/mol. The van der Waals surface area contributed by atoms with Crippen LogP contribution >= 0.6 is 0 Å². The number of anilines is 2. The maximum absolute atomic E-state index is 4.72. The molecule has 0 aliphatic carbocycles. The fourth-order valence-corrected chi connectivity index (χ4v) is 4.62. The maximum Gasteiger partial charge on any atom is 0.137 e. The van der Waals surface area contributed by atoms with Crippen LogP contribution in [0, 0.1) is 0 Å². The van der Waals surface area contributed by atoms with Crippen LogP contribution in [0.25, 0.3) is 44.5 Å². The molecule has 8 nitrogen and oxygen atoms in total. The Morgan fingerprint density at radius 3 is 2.64 bits per heavy atom. The van der Waals surface area contributed by atoms with E-state index in [-0.39, 0.29) is 0 Å². The van der Waals surface area contributed by atoms with E-state index < -0.39 is 0 Å². The first kappa shape index (κ1) is 19.7. The van der Waals surface area contributed by atoms with E-state index >= 15 is 0 Å². The van der Waals surface area contributed by atoms with Crippen molar-refractivity contribution in [1.29, 1.82) is 0 Å². The van der Waals surface area contributed by atoms with Crippen molar-refractivity contribution in [1.82, 2.24) is 30.1 Å². The van der Waals surface area contributed by atoms with Gasteiger partial charge in [-0.05, 0) is 43.5 Å². The molecule has 6 rings (SSSR count). The third kappa shape index (κ3) is 3.47. The van der Waals surface area contributed by atoms with Crippen LogP contribution in [0.15, 0.2) is 49.1 Å². The van der Waals surface area contributed by atoms with Gasteiger partial charge in [0, 0.05) is 55.9 Å². The van der Waals surface area contributed by atoms with E-state index in [9.17, 15) is 0 Å². The van der Waals surface area contributed by atoms with Gasteiger partial charge in [-0.3, -0.25) is 15.1 Å². The number of aromatic amines is 2. The molecule has 166 valence electrons. The summed E-state index contributed by atoms with van der Waals surface area (Å²) >= 11 is 0. The molecule has 5 aromatic heterocycles. The van der Waals surface area contributed by atoms with Gasteiger partial charge in [-0.1, -0.05) is 0 Å². The Labute approximate surface area is 191 Å². The first-order valence-corrected chi connectivity index (χ1v) is 11.4. The summed E-state index contributed by atoms with van der Waals surface area (Å²) in [6.07, 6.45) is 11.2. The van der Waals surface area contributed by atoms with Gasteiger partial charge < -0.3 is 14.8 Å². The van der Waals surface area contributed by atoms with Crippen LogP contribution in [0.2, 0.25) is 0 Å². The van der Waals surface area contributed by atoms with Crippen molar-refractivity contribution >= 4 is 33.3 Å². The first-order chi connectivity index (χ1) is 16.2. The molecule has 1 saturated heterocycles. The zero-order chi connectivity index (χ0) is 22.4. The summed E-state index contributed by atoms with van der Waals surface area (Å²) in [5, 5.41) is 9.93. The first-order valence-electron chi connectivity index (χ1n) is 11.4. The van der Waals surface area contributed by atoms with E-state index in [0.29, 0.717) is 0 Å². The number of hydrogen-bond donors (Lipinski definition) is 2. The minimum Gasteiger partial charge on any atom is -0.376 e. The van der Waals surface area contributed by atoms with E-state index in [2.05, 4.69) is 48.2 Å². The van der Waals surface area contributed by atoms with Crippen LogP contribution in [0.5, 0.6) is 0 Å². The van der Waals surface area contributed by atoms with E-state index in [0.717, 1.165) is 69.0 Å². The summed E-state index contributed by atoms with van der Waals surface area (Å²) in [4.78, 5) is 21.8. The molecule has 0 radical (unpaired) electrons. The minimum atomic E-state index is 0.869. The molecule has 0 aromatic carbocycles. The molecule has 0 atom stereocenters. The van der Waals surface area contributed by atoms with Gasteiger partial charge in [0.1, 0.15) is 11.5 Å². The zero-order valence-corrected chi connectivity index (χ0v) is 18.8. The Balaban J connectivity index is 1.44. The van der Waals surface area contributed by atoms with Crippen molar-refractivity contribution < 1.29 is 0 Å². The molecular formula is C25H26N8. The molecule has 0 unspecified atom stereocenters. The number of rotatable bonds is 4. The van der Waals surface area contributed by atoms with Crippen LogP contribution in [-0.2, 0) is 0 Å². The minimum absolute atomic E-state index is 0.869. The Hall–Kier alpha value is -3.94. The molecule has 1 fully saturated rings. The lowest BCUT2D eigenvalue weighted by Crippen LogP contribution is -2.30. The summed E-state index contributed by atoms with van der Waals surface area (Å²) < 4.78 is 0. The molecule has 8 heteroatoms. The topological polar surface area (TPSA) is 89.6 Å². The SMILES string of the molecule is CN(C)c1cncc(-c2cc3c(-c4cc5c(N6CCCCC6)nccc5[nH]4)n[nH]c3cn2)c1. The summed E-state index contributed by atoms with van der Waals surface area (Å²) in [6.45, 7) is 2.13. The van der Waals surface area contributed by atoms with Crippen LogP contribution in [0.4, 0.5) is 11.5 Å². The van der Waals surface area contributed by atoms with Crippen molar-refractivity contribution in [3.05, 3.63) is 49.1 Å². The summed E-state index contributed by atoms with van der Waals surface area (Å²) in [5.74, 6) is 1.06. The number of nitrogens with one attached hydrogen (secondary N) is 2. The van der Waals surface area contributed by atoms with Gasteiger partial charge in [-0.2, -0.15) is 5.10 Å². The molecule has 0 amide bonds. The number of hydrogen-bond acceptors (Lipinski definition) is 6. The fraction of sp³-hybridized carbons (Fsp3) is 0.280. The molecule has 0 spiro atoms. The number of aromatic nitrogens is 6. The Morgan fingerprint density at radius 1 is 0.909 bits per heavy atom. The zero-order valence-electron chi connectivity index (χ0n) is 18.8.